The summed E-state index contributed by atoms with van der Waals surface area (Å²) >= 11 is 0. The number of hydrogen-bond acceptors (Lipinski definition) is 3. The second kappa shape index (κ2) is 9.68. The van der Waals surface area contributed by atoms with E-state index >= 15 is 0 Å². The molecule has 1 atom stereocenters. The monoisotopic (exact) mass is 318 g/mol. The summed E-state index contributed by atoms with van der Waals surface area (Å²) in [6, 6.07) is 9.71. The number of hydrogen-bond donors (Lipinski definition) is 1. The van der Waals surface area contributed by atoms with Crippen LogP contribution in [0.15, 0.2) is 30.3 Å². The van der Waals surface area contributed by atoms with Crippen molar-refractivity contribution in [1.82, 2.24) is 9.80 Å². The number of likely N-dealkylation sites (N-methyl/N-ethyl adjacent to an activating group) is 1. The van der Waals surface area contributed by atoms with Crippen LogP contribution in [0.2, 0.25) is 0 Å². The minimum Gasteiger partial charge on any atom is -0.383 e. The second-order valence-corrected chi connectivity index (χ2v) is 6.38. The average molecular weight is 318 g/mol. The van der Waals surface area contributed by atoms with E-state index in [9.17, 15) is 9.90 Å². The normalized spacial score (nSPS) is 17.5. The number of nitrogens with zero attached hydrogens (tertiary/aromatic N) is 2. The fourth-order valence-electron chi connectivity index (χ4n) is 3.18. The van der Waals surface area contributed by atoms with Gasteiger partial charge in [0.05, 0.1) is 0 Å². The molecule has 1 aliphatic heterocycles. The van der Waals surface area contributed by atoms with Crippen LogP contribution in [-0.2, 0) is 11.2 Å². The minimum atomic E-state index is -0.943. The molecule has 1 N–H and O–H groups in total. The largest absolute Gasteiger partial charge is 0.383 e. The topological polar surface area (TPSA) is 43.8 Å². The third-order valence-corrected chi connectivity index (χ3v) is 4.64. The number of likely N-dealkylation sites (tertiary alicyclic amines) is 1. The minimum absolute atomic E-state index is 0.147. The molecule has 1 amide bonds. The van der Waals surface area contributed by atoms with E-state index in [0.29, 0.717) is 19.5 Å². The van der Waals surface area contributed by atoms with Crippen molar-refractivity contribution in [2.45, 2.75) is 45.1 Å². The highest BCUT2D eigenvalue weighted by Gasteiger charge is 2.22. The van der Waals surface area contributed by atoms with Gasteiger partial charge >= 0.3 is 0 Å². The van der Waals surface area contributed by atoms with Gasteiger partial charge in [0, 0.05) is 26.1 Å². The third-order valence-electron chi connectivity index (χ3n) is 4.64. The van der Waals surface area contributed by atoms with E-state index in [1.165, 1.54) is 25.7 Å². The molecule has 0 aliphatic carbocycles. The van der Waals surface area contributed by atoms with Crippen molar-refractivity contribution in [3.63, 3.8) is 0 Å². The van der Waals surface area contributed by atoms with Crippen molar-refractivity contribution in [1.29, 1.82) is 0 Å². The predicted octanol–water partition coefficient (Wildman–Crippen LogP) is 2.31. The average Bonchev–Trinajstić information content (AvgIpc) is 2.85. The fraction of sp³-hybridized carbons (Fsp3) is 0.632. The molecular formula is C19H30N2O2. The molecule has 0 spiro atoms. The standard InChI is InChI=1S/C19H30N2O2/c1-2-21(15-14-20-12-8-3-4-9-13-20)19(23)18(22)16-17-10-6-5-7-11-17/h5-7,10-11,18,22H,2-4,8-9,12-16H2,1H3/t18-/m0/s1. The van der Waals surface area contributed by atoms with Crippen LogP contribution in [0.1, 0.15) is 38.2 Å². The lowest BCUT2D eigenvalue weighted by atomic mass is 10.1. The first-order chi connectivity index (χ1) is 11.2. The highest BCUT2D eigenvalue weighted by molar-refractivity contribution is 5.81. The summed E-state index contributed by atoms with van der Waals surface area (Å²) in [4.78, 5) is 16.7. The molecule has 1 aliphatic rings. The highest BCUT2D eigenvalue weighted by Crippen LogP contribution is 2.10. The number of carbonyl (C=O) groups is 1. The van der Waals surface area contributed by atoms with Gasteiger partial charge in [0.25, 0.3) is 5.91 Å². The maximum absolute atomic E-state index is 12.5. The van der Waals surface area contributed by atoms with Gasteiger partial charge in [-0.3, -0.25) is 4.79 Å². The van der Waals surface area contributed by atoms with Gasteiger partial charge in [0.2, 0.25) is 0 Å². The van der Waals surface area contributed by atoms with Gasteiger partial charge in [-0.1, -0.05) is 43.2 Å². The first kappa shape index (κ1) is 18.0. The molecule has 0 aromatic heterocycles. The fourth-order valence-corrected chi connectivity index (χ4v) is 3.18. The Kier molecular flexibility index (Phi) is 7.56. The Bertz CT molecular complexity index is 456. The van der Waals surface area contributed by atoms with Crippen LogP contribution in [0.4, 0.5) is 0 Å². The van der Waals surface area contributed by atoms with Crippen LogP contribution in [0, 0.1) is 0 Å². The summed E-state index contributed by atoms with van der Waals surface area (Å²) in [7, 11) is 0. The number of carbonyl (C=O) groups excluding carboxylic acids is 1. The predicted molar refractivity (Wildman–Crippen MR) is 93.3 cm³/mol. The summed E-state index contributed by atoms with van der Waals surface area (Å²) in [5.41, 5.74) is 0.997. The molecule has 1 saturated heterocycles. The lowest BCUT2D eigenvalue weighted by Gasteiger charge is -2.27. The van der Waals surface area contributed by atoms with Crippen molar-refractivity contribution in [3.8, 4) is 0 Å². The first-order valence-corrected chi connectivity index (χ1v) is 8.94. The molecule has 0 saturated carbocycles. The van der Waals surface area contributed by atoms with Crippen LogP contribution in [0.3, 0.4) is 0 Å². The number of benzene rings is 1. The molecule has 0 unspecified atom stereocenters. The molecular weight excluding hydrogens is 288 g/mol. The molecule has 128 valence electrons. The summed E-state index contributed by atoms with van der Waals surface area (Å²) < 4.78 is 0. The number of aliphatic hydroxyl groups excluding tert-OH is 1. The van der Waals surface area contributed by atoms with Gasteiger partial charge in [-0.05, 0) is 38.4 Å². The SMILES string of the molecule is CCN(CCN1CCCCCC1)C(=O)[C@@H](O)Cc1ccccc1. The molecule has 1 heterocycles. The van der Waals surface area contributed by atoms with Crippen LogP contribution in [0.5, 0.6) is 0 Å². The maximum atomic E-state index is 12.5. The van der Waals surface area contributed by atoms with Crippen molar-refractivity contribution < 1.29 is 9.90 Å². The maximum Gasteiger partial charge on any atom is 0.251 e. The van der Waals surface area contributed by atoms with Crippen molar-refractivity contribution in [2.24, 2.45) is 0 Å². The molecule has 0 radical (unpaired) electrons. The van der Waals surface area contributed by atoms with Gasteiger partial charge in [-0.15, -0.1) is 0 Å². The van der Waals surface area contributed by atoms with E-state index in [0.717, 1.165) is 25.2 Å². The lowest BCUT2D eigenvalue weighted by molar-refractivity contribution is -0.140. The lowest BCUT2D eigenvalue weighted by Crippen LogP contribution is -2.44. The van der Waals surface area contributed by atoms with Gasteiger partial charge in [-0.2, -0.15) is 0 Å². The Morgan fingerprint density at radius 3 is 2.43 bits per heavy atom. The Labute approximate surface area is 140 Å². The number of aliphatic hydroxyl groups is 1. The summed E-state index contributed by atoms with van der Waals surface area (Å²) in [6.45, 7) is 6.53. The quantitative estimate of drug-likeness (QED) is 0.839. The smallest absolute Gasteiger partial charge is 0.251 e. The zero-order valence-electron chi connectivity index (χ0n) is 14.3. The Morgan fingerprint density at radius 2 is 1.83 bits per heavy atom. The molecule has 4 nitrogen and oxygen atoms in total. The Morgan fingerprint density at radius 1 is 1.17 bits per heavy atom. The van der Waals surface area contributed by atoms with Gasteiger partial charge in [0.15, 0.2) is 0 Å². The van der Waals surface area contributed by atoms with Crippen LogP contribution in [0.25, 0.3) is 0 Å². The van der Waals surface area contributed by atoms with Crippen molar-refractivity contribution in [3.05, 3.63) is 35.9 Å². The Hall–Kier alpha value is -1.39. The second-order valence-electron chi connectivity index (χ2n) is 6.38. The van der Waals surface area contributed by atoms with Gasteiger partial charge < -0.3 is 14.9 Å². The molecule has 23 heavy (non-hydrogen) atoms. The number of rotatable bonds is 7. The molecule has 1 aromatic carbocycles. The molecule has 1 fully saturated rings. The number of amides is 1. The van der Waals surface area contributed by atoms with Crippen LogP contribution in [-0.4, -0.2) is 59.6 Å². The zero-order chi connectivity index (χ0) is 16.5. The van der Waals surface area contributed by atoms with E-state index in [1.807, 2.05) is 37.3 Å². The van der Waals surface area contributed by atoms with Gasteiger partial charge in [0.1, 0.15) is 6.10 Å². The highest BCUT2D eigenvalue weighted by atomic mass is 16.3. The van der Waals surface area contributed by atoms with E-state index in [2.05, 4.69) is 4.90 Å². The first-order valence-electron chi connectivity index (χ1n) is 8.94. The van der Waals surface area contributed by atoms with E-state index in [4.69, 9.17) is 0 Å². The van der Waals surface area contributed by atoms with E-state index in [-0.39, 0.29) is 5.91 Å². The zero-order valence-corrected chi connectivity index (χ0v) is 14.3. The third kappa shape index (κ3) is 5.96. The Balaban J connectivity index is 1.82. The van der Waals surface area contributed by atoms with E-state index in [1.54, 1.807) is 4.90 Å². The summed E-state index contributed by atoms with van der Waals surface area (Å²) in [5.74, 6) is -0.147. The van der Waals surface area contributed by atoms with Crippen molar-refractivity contribution >= 4 is 5.91 Å². The van der Waals surface area contributed by atoms with E-state index < -0.39 is 6.10 Å². The summed E-state index contributed by atoms with van der Waals surface area (Å²) in [6.07, 6.45) is 4.61. The molecule has 1 aromatic rings. The molecule has 4 heteroatoms. The molecule has 0 bridgehead atoms. The molecule has 2 rings (SSSR count). The van der Waals surface area contributed by atoms with Crippen molar-refractivity contribution in [2.75, 3.05) is 32.7 Å². The van der Waals surface area contributed by atoms with Gasteiger partial charge in [-0.25, -0.2) is 0 Å². The summed E-state index contributed by atoms with van der Waals surface area (Å²) in [5, 5.41) is 10.2. The van der Waals surface area contributed by atoms with Crippen LogP contribution < -0.4 is 0 Å². The van der Waals surface area contributed by atoms with Crippen LogP contribution >= 0.6 is 0 Å².